The molecule has 0 atom stereocenters. The van der Waals surface area contributed by atoms with E-state index in [2.05, 4.69) is 32.3 Å². The Balaban J connectivity index is 1.28. The van der Waals surface area contributed by atoms with Crippen LogP contribution in [0.5, 0.6) is 0 Å². The summed E-state index contributed by atoms with van der Waals surface area (Å²) in [6.45, 7) is 4.39. The highest BCUT2D eigenvalue weighted by atomic mass is 16.2. The molecule has 1 fully saturated rings. The van der Waals surface area contributed by atoms with Crippen LogP contribution >= 0.6 is 0 Å². The first kappa shape index (κ1) is 16.2. The second kappa shape index (κ2) is 6.33. The lowest BCUT2D eigenvalue weighted by atomic mass is 9.95. The van der Waals surface area contributed by atoms with Gasteiger partial charge in [0.1, 0.15) is 5.82 Å². The zero-order chi connectivity index (χ0) is 18.4. The molecule has 0 spiro atoms. The lowest BCUT2D eigenvalue weighted by Gasteiger charge is -2.33. The Morgan fingerprint density at radius 1 is 1.04 bits per heavy atom. The van der Waals surface area contributed by atoms with Gasteiger partial charge in [0, 0.05) is 31.2 Å². The molecule has 7 nitrogen and oxygen atoms in total. The number of para-hydroxylation sites is 1. The van der Waals surface area contributed by atoms with Gasteiger partial charge in [0.25, 0.3) is 0 Å². The van der Waals surface area contributed by atoms with Crippen LogP contribution in [0.25, 0.3) is 5.65 Å². The molecule has 0 aliphatic carbocycles. The summed E-state index contributed by atoms with van der Waals surface area (Å²) in [6, 6.07) is 12.2. The second-order valence-corrected chi connectivity index (χ2v) is 7.34. The SMILES string of the molecule is Cc1nnc2ccc(N3CCC(C(=O)N4CCc5ccccc54)CC3)nn12. The average Bonchev–Trinajstić information content (AvgIpc) is 3.31. The number of nitrogens with zero attached hydrogens (tertiary/aromatic N) is 6. The summed E-state index contributed by atoms with van der Waals surface area (Å²) in [5.41, 5.74) is 3.14. The Hall–Kier alpha value is -2.96. The predicted octanol–water partition coefficient (Wildman–Crippen LogP) is 2.24. The first-order chi connectivity index (χ1) is 13.2. The number of aryl methyl sites for hydroxylation is 1. The van der Waals surface area contributed by atoms with E-state index >= 15 is 0 Å². The molecular weight excluding hydrogens is 340 g/mol. The number of hydrogen-bond donors (Lipinski definition) is 0. The molecule has 3 aromatic rings. The molecule has 5 rings (SSSR count). The summed E-state index contributed by atoms with van der Waals surface area (Å²) in [6.07, 6.45) is 2.68. The van der Waals surface area contributed by atoms with Crippen LogP contribution < -0.4 is 9.80 Å². The smallest absolute Gasteiger partial charge is 0.230 e. The molecule has 1 saturated heterocycles. The van der Waals surface area contributed by atoms with Gasteiger partial charge < -0.3 is 9.80 Å². The number of rotatable bonds is 2. The van der Waals surface area contributed by atoms with Crippen molar-refractivity contribution in [2.45, 2.75) is 26.2 Å². The van der Waals surface area contributed by atoms with Gasteiger partial charge in [0.2, 0.25) is 5.91 Å². The van der Waals surface area contributed by atoms with E-state index < -0.39 is 0 Å². The van der Waals surface area contributed by atoms with E-state index in [0.29, 0.717) is 0 Å². The third-order valence-corrected chi connectivity index (χ3v) is 5.73. The summed E-state index contributed by atoms with van der Waals surface area (Å²) < 4.78 is 1.77. The van der Waals surface area contributed by atoms with Gasteiger partial charge in [-0.05, 0) is 49.9 Å². The first-order valence-electron chi connectivity index (χ1n) is 9.54. The third-order valence-electron chi connectivity index (χ3n) is 5.73. The fourth-order valence-corrected chi connectivity index (χ4v) is 4.20. The van der Waals surface area contributed by atoms with Crippen LogP contribution in [0.2, 0.25) is 0 Å². The van der Waals surface area contributed by atoms with Crippen molar-refractivity contribution in [2.24, 2.45) is 5.92 Å². The molecule has 138 valence electrons. The number of aromatic nitrogens is 4. The van der Waals surface area contributed by atoms with Gasteiger partial charge in [-0.15, -0.1) is 15.3 Å². The van der Waals surface area contributed by atoms with Gasteiger partial charge in [-0.1, -0.05) is 18.2 Å². The number of hydrogen-bond acceptors (Lipinski definition) is 5. The number of carbonyl (C=O) groups excluding carboxylic acids is 1. The van der Waals surface area contributed by atoms with Crippen molar-refractivity contribution >= 4 is 23.1 Å². The molecule has 0 unspecified atom stereocenters. The predicted molar refractivity (Wildman–Crippen MR) is 103 cm³/mol. The van der Waals surface area contributed by atoms with Crippen LogP contribution in [0, 0.1) is 12.8 Å². The van der Waals surface area contributed by atoms with E-state index in [9.17, 15) is 4.79 Å². The summed E-state index contributed by atoms with van der Waals surface area (Å²) in [4.78, 5) is 17.3. The van der Waals surface area contributed by atoms with Gasteiger partial charge in [0.05, 0.1) is 0 Å². The van der Waals surface area contributed by atoms with Gasteiger partial charge >= 0.3 is 0 Å². The highest BCUT2D eigenvalue weighted by Gasteiger charge is 2.32. The highest BCUT2D eigenvalue weighted by molar-refractivity contribution is 5.97. The number of carbonyl (C=O) groups is 1. The fraction of sp³-hybridized carbons (Fsp3) is 0.400. The van der Waals surface area contributed by atoms with Crippen molar-refractivity contribution in [1.29, 1.82) is 0 Å². The topological polar surface area (TPSA) is 66.6 Å². The van der Waals surface area contributed by atoms with E-state index in [-0.39, 0.29) is 11.8 Å². The standard InChI is InChI=1S/C20H22N6O/c1-14-21-22-18-6-7-19(23-26(14)18)24-11-8-16(9-12-24)20(27)25-13-10-15-4-2-3-5-17(15)25/h2-7,16H,8-13H2,1H3. The zero-order valence-corrected chi connectivity index (χ0v) is 15.4. The fourth-order valence-electron chi connectivity index (χ4n) is 4.20. The second-order valence-electron chi connectivity index (χ2n) is 7.34. The molecule has 2 aromatic heterocycles. The molecule has 2 aliphatic rings. The molecule has 0 radical (unpaired) electrons. The molecule has 0 bridgehead atoms. The minimum atomic E-state index is 0.0905. The molecule has 1 amide bonds. The van der Waals surface area contributed by atoms with Crippen molar-refractivity contribution in [3.63, 3.8) is 0 Å². The Bertz CT molecular complexity index is 1000. The molecule has 0 saturated carbocycles. The molecule has 1 aromatic carbocycles. The van der Waals surface area contributed by atoms with Crippen molar-refractivity contribution in [3.8, 4) is 0 Å². The number of piperidine rings is 1. The quantitative estimate of drug-likeness (QED) is 0.699. The zero-order valence-electron chi connectivity index (χ0n) is 15.4. The molecule has 2 aliphatic heterocycles. The Kier molecular flexibility index (Phi) is 3.81. The summed E-state index contributed by atoms with van der Waals surface area (Å²) in [7, 11) is 0. The van der Waals surface area contributed by atoms with Crippen LogP contribution in [0.4, 0.5) is 11.5 Å². The third kappa shape index (κ3) is 2.74. The molecule has 0 N–H and O–H groups in total. The lowest BCUT2D eigenvalue weighted by Crippen LogP contribution is -2.42. The molecule has 7 heteroatoms. The number of amides is 1. The van der Waals surface area contributed by atoms with Gasteiger partial charge in [-0.3, -0.25) is 4.79 Å². The Morgan fingerprint density at radius 2 is 1.85 bits per heavy atom. The lowest BCUT2D eigenvalue weighted by molar-refractivity contribution is -0.122. The maximum Gasteiger partial charge on any atom is 0.230 e. The van der Waals surface area contributed by atoms with Crippen molar-refractivity contribution in [2.75, 3.05) is 29.4 Å². The van der Waals surface area contributed by atoms with Gasteiger partial charge in [0.15, 0.2) is 11.5 Å². The summed E-state index contributed by atoms with van der Waals surface area (Å²) in [5, 5.41) is 12.8. The molecule has 27 heavy (non-hydrogen) atoms. The number of anilines is 2. The minimum Gasteiger partial charge on any atom is -0.355 e. The number of benzene rings is 1. The van der Waals surface area contributed by atoms with E-state index in [0.717, 1.165) is 61.9 Å². The largest absolute Gasteiger partial charge is 0.355 e. The number of fused-ring (bicyclic) bond motifs is 2. The van der Waals surface area contributed by atoms with Gasteiger partial charge in [-0.25, -0.2) is 0 Å². The van der Waals surface area contributed by atoms with Crippen LogP contribution in [0.3, 0.4) is 0 Å². The highest BCUT2D eigenvalue weighted by Crippen LogP contribution is 2.31. The minimum absolute atomic E-state index is 0.0905. The monoisotopic (exact) mass is 362 g/mol. The van der Waals surface area contributed by atoms with E-state index in [1.165, 1.54) is 5.56 Å². The Labute approximate surface area is 157 Å². The van der Waals surface area contributed by atoms with Crippen LogP contribution in [-0.2, 0) is 11.2 Å². The van der Waals surface area contributed by atoms with Gasteiger partial charge in [-0.2, -0.15) is 4.52 Å². The van der Waals surface area contributed by atoms with Crippen molar-refractivity contribution in [3.05, 3.63) is 47.8 Å². The molecule has 4 heterocycles. The maximum absolute atomic E-state index is 13.1. The molecular formula is C20H22N6O. The van der Waals surface area contributed by atoms with Crippen molar-refractivity contribution in [1.82, 2.24) is 19.8 Å². The summed E-state index contributed by atoms with van der Waals surface area (Å²) >= 11 is 0. The van der Waals surface area contributed by atoms with E-state index in [1.807, 2.05) is 36.1 Å². The summed E-state index contributed by atoms with van der Waals surface area (Å²) in [5.74, 6) is 2.07. The first-order valence-corrected chi connectivity index (χ1v) is 9.54. The Morgan fingerprint density at radius 3 is 2.70 bits per heavy atom. The van der Waals surface area contributed by atoms with E-state index in [4.69, 9.17) is 0 Å². The van der Waals surface area contributed by atoms with Crippen molar-refractivity contribution < 1.29 is 4.79 Å². The normalized spacial score (nSPS) is 17.5. The maximum atomic E-state index is 13.1. The van der Waals surface area contributed by atoms with E-state index in [1.54, 1.807) is 4.52 Å². The average molecular weight is 362 g/mol. The van der Waals surface area contributed by atoms with Crippen LogP contribution in [0.15, 0.2) is 36.4 Å². The van der Waals surface area contributed by atoms with Crippen LogP contribution in [0.1, 0.15) is 24.2 Å². The van der Waals surface area contributed by atoms with Crippen LogP contribution in [-0.4, -0.2) is 45.4 Å².